The third-order valence-electron chi connectivity index (χ3n) is 3.16. The fraction of sp³-hybridized carbons (Fsp3) is 0.429. The summed E-state index contributed by atoms with van der Waals surface area (Å²) in [7, 11) is 0. The van der Waals surface area contributed by atoms with Crippen molar-refractivity contribution >= 4 is 11.9 Å². The molecule has 0 aromatic heterocycles. The van der Waals surface area contributed by atoms with E-state index in [0.717, 1.165) is 18.6 Å². The molecule has 1 aliphatic heterocycles. The number of ether oxygens (including phenoxy) is 1. The van der Waals surface area contributed by atoms with E-state index in [2.05, 4.69) is 5.32 Å². The highest BCUT2D eigenvalue weighted by molar-refractivity contribution is 5.87. The first-order valence-corrected chi connectivity index (χ1v) is 6.32. The van der Waals surface area contributed by atoms with Crippen LogP contribution in [-0.2, 0) is 16.1 Å². The predicted molar refractivity (Wildman–Crippen MR) is 68.8 cm³/mol. The van der Waals surface area contributed by atoms with E-state index in [1.165, 1.54) is 6.07 Å². The van der Waals surface area contributed by atoms with Gasteiger partial charge in [0.1, 0.15) is 0 Å². The van der Waals surface area contributed by atoms with Crippen molar-refractivity contribution in [3.05, 3.63) is 35.4 Å². The lowest BCUT2D eigenvalue weighted by Gasteiger charge is -2.09. The van der Waals surface area contributed by atoms with E-state index in [-0.39, 0.29) is 11.5 Å². The maximum absolute atomic E-state index is 11.7. The molecule has 1 amide bonds. The number of amides is 1. The van der Waals surface area contributed by atoms with Gasteiger partial charge in [0.2, 0.25) is 5.91 Å². The molecule has 2 N–H and O–H groups in total. The summed E-state index contributed by atoms with van der Waals surface area (Å²) in [5.41, 5.74) is 1.02. The van der Waals surface area contributed by atoms with Gasteiger partial charge in [0.25, 0.3) is 0 Å². The highest BCUT2D eigenvalue weighted by Gasteiger charge is 2.18. The molecule has 5 nitrogen and oxygen atoms in total. The van der Waals surface area contributed by atoms with Crippen molar-refractivity contribution < 1.29 is 19.4 Å². The summed E-state index contributed by atoms with van der Waals surface area (Å²) in [6.07, 6.45) is 1.40. The Labute approximate surface area is 111 Å². The molecular weight excluding hydrogens is 246 g/mol. The number of hydrogen-bond acceptors (Lipinski definition) is 3. The Morgan fingerprint density at radius 3 is 2.95 bits per heavy atom. The molecule has 1 saturated heterocycles. The number of carbonyl (C=O) groups excluding carboxylic acids is 1. The minimum Gasteiger partial charge on any atom is -0.478 e. The normalized spacial score (nSPS) is 18.2. The summed E-state index contributed by atoms with van der Waals surface area (Å²) in [5.74, 6) is -0.669. The van der Waals surface area contributed by atoms with E-state index in [1.807, 2.05) is 0 Å². The molecule has 0 radical (unpaired) electrons. The highest BCUT2D eigenvalue weighted by Crippen LogP contribution is 2.16. The van der Waals surface area contributed by atoms with Gasteiger partial charge in [0.15, 0.2) is 0 Å². The van der Waals surface area contributed by atoms with Crippen molar-refractivity contribution in [3.8, 4) is 0 Å². The topological polar surface area (TPSA) is 75.6 Å². The molecule has 1 atom stereocenters. The van der Waals surface area contributed by atoms with Gasteiger partial charge < -0.3 is 15.2 Å². The van der Waals surface area contributed by atoms with E-state index in [0.29, 0.717) is 25.5 Å². The number of carboxylic acids is 1. The smallest absolute Gasteiger partial charge is 0.335 e. The van der Waals surface area contributed by atoms with Crippen LogP contribution in [0.15, 0.2) is 24.3 Å². The van der Waals surface area contributed by atoms with Crippen LogP contribution in [-0.4, -0.2) is 30.2 Å². The lowest BCUT2D eigenvalue weighted by Crippen LogP contribution is -2.25. The fourth-order valence-corrected chi connectivity index (χ4v) is 2.09. The molecule has 0 saturated carbocycles. The number of aromatic carboxylic acids is 1. The molecule has 5 heteroatoms. The average molecular weight is 263 g/mol. The first kappa shape index (κ1) is 13.5. The number of carboxylic acid groups (broad SMARTS) is 1. The monoisotopic (exact) mass is 263 g/mol. The second-order valence-electron chi connectivity index (χ2n) is 4.72. The van der Waals surface area contributed by atoms with Crippen molar-refractivity contribution in [2.45, 2.75) is 19.4 Å². The van der Waals surface area contributed by atoms with Crippen LogP contribution in [0.3, 0.4) is 0 Å². The Morgan fingerprint density at radius 2 is 2.26 bits per heavy atom. The van der Waals surface area contributed by atoms with Gasteiger partial charge in [-0.05, 0) is 30.0 Å². The number of rotatable bonds is 5. The Bertz CT molecular complexity index is 466. The second kappa shape index (κ2) is 6.33. The SMILES string of the molecule is O=C(C[C@@H]1CCOC1)NCc1cccc(C(=O)O)c1. The number of carbonyl (C=O) groups is 2. The van der Waals surface area contributed by atoms with Crippen LogP contribution in [0.25, 0.3) is 0 Å². The van der Waals surface area contributed by atoms with Crippen LogP contribution in [0.5, 0.6) is 0 Å². The Morgan fingerprint density at radius 1 is 1.42 bits per heavy atom. The van der Waals surface area contributed by atoms with Crippen LogP contribution in [0, 0.1) is 5.92 Å². The molecular formula is C14H17NO4. The Hall–Kier alpha value is -1.88. The number of nitrogens with one attached hydrogen (secondary N) is 1. The molecule has 1 fully saturated rings. The van der Waals surface area contributed by atoms with E-state index in [1.54, 1.807) is 18.2 Å². The molecule has 1 aromatic rings. The summed E-state index contributed by atoms with van der Waals surface area (Å²) >= 11 is 0. The third-order valence-corrected chi connectivity index (χ3v) is 3.16. The molecule has 19 heavy (non-hydrogen) atoms. The van der Waals surface area contributed by atoms with Crippen LogP contribution < -0.4 is 5.32 Å². The molecule has 0 aliphatic carbocycles. The number of benzene rings is 1. The van der Waals surface area contributed by atoms with E-state index in [4.69, 9.17) is 9.84 Å². The molecule has 0 bridgehead atoms. The van der Waals surface area contributed by atoms with Gasteiger partial charge in [0.05, 0.1) is 5.56 Å². The van der Waals surface area contributed by atoms with Crippen molar-refractivity contribution in [1.29, 1.82) is 0 Å². The quantitative estimate of drug-likeness (QED) is 0.842. The summed E-state index contributed by atoms with van der Waals surface area (Å²) in [6, 6.07) is 6.58. The van der Waals surface area contributed by atoms with Gasteiger partial charge >= 0.3 is 5.97 Å². The van der Waals surface area contributed by atoms with Gasteiger partial charge in [-0.15, -0.1) is 0 Å². The van der Waals surface area contributed by atoms with E-state index < -0.39 is 5.97 Å². The highest BCUT2D eigenvalue weighted by atomic mass is 16.5. The van der Waals surface area contributed by atoms with Crippen molar-refractivity contribution in [3.63, 3.8) is 0 Å². The molecule has 1 aliphatic rings. The zero-order chi connectivity index (χ0) is 13.7. The Kier molecular flexibility index (Phi) is 4.52. The van der Waals surface area contributed by atoms with E-state index >= 15 is 0 Å². The largest absolute Gasteiger partial charge is 0.478 e. The summed E-state index contributed by atoms with van der Waals surface area (Å²) in [5, 5.41) is 11.7. The summed E-state index contributed by atoms with van der Waals surface area (Å²) in [6.45, 7) is 1.74. The first-order valence-electron chi connectivity index (χ1n) is 6.32. The van der Waals surface area contributed by atoms with Crippen LogP contribution in [0.1, 0.15) is 28.8 Å². The van der Waals surface area contributed by atoms with Gasteiger partial charge in [-0.25, -0.2) is 4.79 Å². The lowest BCUT2D eigenvalue weighted by atomic mass is 10.0. The second-order valence-corrected chi connectivity index (χ2v) is 4.72. The van der Waals surface area contributed by atoms with Gasteiger partial charge in [-0.3, -0.25) is 4.79 Å². The third kappa shape index (κ3) is 4.06. The minimum absolute atomic E-state index is 0.0174. The van der Waals surface area contributed by atoms with Crippen LogP contribution in [0.4, 0.5) is 0 Å². The fourth-order valence-electron chi connectivity index (χ4n) is 2.09. The molecule has 1 heterocycles. The standard InChI is InChI=1S/C14H17NO4/c16-13(7-11-4-5-19-9-11)15-8-10-2-1-3-12(6-10)14(17)18/h1-3,6,11H,4-5,7-9H2,(H,15,16)(H,17,18)/t11-/m0/s1. The maximum atomic E-state index is 11.7. The first-order chi connectivity index (χ1) is 9.15. The van der Waals surface area contributed by atoms with Crippen molar-refractivity contribution in [2.75, 3.05) is 13.2 Å². The minimum atomic E-state index is -0.962. The van der Waals surface area contributed by atoms with E-state index in [9.17, 15) is 9.59 Å². The molecule has 1 aromatic carbocycles. The van der Waals surface area contributed by atoms with Crippen LogP contribution in [0.2, 0.25) is 0 Å². The van der Waals surface area contributed by atoms with Crippen molar-refractivity contribution in [1.82, 2.24) is 5.32 Å². The Balaban J connectivity index is 1.82. The average Bonchev–Trinajstić information content (AvgIpc) is 2.89. The van der Waals surface area contributed by atoms with Crippen molar-refractivity contribution in [2.24, 2.45) is 5.92 Å². The summed E-state index contributed by atoms with van der Waals surface area (Å²) < 4.78 is 5.22. The van der Waals surface area contributed by atoms with Crippen LogP contribution >= 0.6 is 0 Å². The lowest BCUT2D eigenvalue weighted by molar-refractivity contribution is -0.122. The molecule has 2 rings (SSSR count). The molecule has 0 spiro atoms. The zero-order valence-corrected chi connectivity index (χ0v) is 10.6. The van der Waals surface area contributed by atoms with Gasteiger partial charge in [0, 0.05) is 26.2 Å². The maximum Gasteiger partial charge on any atom is 0.335 e. The summed E-state index contributed by atoms with van der Waals surface area (Å²) in [4.78, 5) is 22.5. The predicted octanol–water partition coefficient (Wildman–Crippen LogP) is 1.43. The zero-order valence-electron chi connectivity index (χ0n) is 10.6. The molecule has 0 unspecified atom stereocenters. The van der Waals surface area contributed by atoms with Gasteiger partial charge in [-0.2, -0.15) is 0 Å². The van der Waals surface area contributed by atoms with Gasteiger partial charge in [-0.1, -0.05) is 12.1 Å². The number of hydrogen-bond donors (Lipinski definition) is 2. The molecule has 102 valence electrons.